The number of benzene rings is 1. The molecule has 1 fully saturated rings. The molecule has 1 saturated heterocycles. The molecule has 158 valence electrons. The van der Waals surface area contributed by atoms with E-state index in [0.717, 1.165) is 4.90 Å². The van der Waals surface area contributed by atoms with Crippen LogP contribution in [0.4, 0.5) is 9.18 Å². The lowest BCUT2D eigenvalue weighted by Gasteiger charge is -2.23. The lowest BCUT2D eigenvalue weighted by Crippen LogP contribution is -2.46. The first-order valence-electron chi connectivity index (χ1n) is 9.66. The minimum absolute atomic E-state index is 0.0632. The Morgan fingerprint density at radius 3 is 2.67 bits per heavy atom. The Morgan fingerprint density at radius 1 is 1.23 bits per heavy atom. The van der Waals surface area contributed by atoms with Crippen molar-refractivity contribution in [3.8, 4) is 11.6 Å². The van der Waals surface area contributed by atoms with Crippen molar-refractivity contribution in [3.63, 3.8) is 0 Å². The summed E-state index contributed by atoms with van der Waals surface area (Å²) in [4.78, 5) is 42.2. The van der Waals surface area contributed by atoms with E-state index in [1.807, 2.05) is 13.8 Å². The fourth-order valence-electron chi connectivity index (χ4n) is 3.24. The molecule has 2 aromatic rings. The van der Waals surface area contributed by atoms with Gasteiger partial charge in [-0.1, -0.05) is 26.0 Å². The second-order valence-electron chi connectivity index (χ2n) is 6.91. The van der Waals surface area contributed by atoms with Crippen molar-refractivity contribution in [2.75, 3.05) is 6.54 Å². The Bertz CT molecular complexity index is 962. The molecule has 9 heteroatoms. The number of aromatic nitrogens is 1. The van der Waals surface area contributed by atoms with E-state index in [-0.39, 0.29) is 24.7 Å². The molecule has 1 aliphatic rings. The SMILES string of the molecule is CCC1(CC)NC(=O)N(CC(=O)NCc2cccnc2Oc2cccc(F)c2)C1=O. The fraction of sp³-hybridized carbons (Fsp3) is 0.333. The number of pyridine rings is 1. The average Bonchev–Trinajstić information content (AvgIpc) is 2.98. The predicted octanol–water partition coefficient (Wildman–Crippen LogP) is 2.74. The second kappa shape index (κ2) is 8.89. The van der Waals surface area contributed by atoms with E-state index < -0.39 is 29.2 Å². The molecule has 0 atom stereocenters. The first-order chi connectivity index (χ1) is 14.4. The molecule has 0 spiro atoms. The summed E-state index contributed by atoms with van der Waals surface area (Å²) in [6, 6.07) is 8.43. The molecule has 1 aliphatic heterocycles. The lowest BCUT2D eigenvalue weighted by molar-refractivity contribution is -0.135. The van der Waals surface area contributed by atoms with Gasteiger partial charge in [0.05, 0.1) is 0 Å². The third-order valence-corrected chi connectivity index (χ3v) is 5.09. The van der Waals surface area contributed by atoms with Gasteiger partial charge < -0.3 is 15.4 Å². The molecule has 1 aromatic heterocycles. The van der Waals surface area contributed by atoms with E-state index in [1.54, 1.807) is 18.2 Å². The predicted molar refractivity (Wildman–Crippen MR) is 106 cm³/mol. The van der Waals surface area contributed by atoms with Crippen LogP contribution in [0.2, 0.25) is 0 Å². The molecule has 3 rings (SSSR count). The van der Waals surface area contributed by atoms with E-state index in [4.69, 9.17) is 4.74 Å². The standard InChI is InChI=1S/C21H23FN4O4/c1-3-21(4-2)19(28)26(20(29)25-21)13-17(27)24-12-14-7-6-10-23-18(14)30-16-9-5-8-15(22)11-16/h5-11H,3-4,12-13H2,1-2H3,(H,24,27)(H,25,29). The number of urea groups is 1. The molecule has 2 N–H and O–H groups in total. The van der Waals surface area contributed by atoms with Gasteiger partial charge in [0.1, 0.15) is 23.7 Å². The molecule has 0 unspecified atom stereocenters. The van der Waals surface area contributed by atoms with Crippen molar-refractivity contribution in [2.24, 2.45) is 0 Å². The smallest absolute Gasteiger partial charge is 0.325 e. The Balaban J connectivity index is 1.63. The molecular weight excluding hydrogens is 391 g/mol. The number of hydrogen-bond donors (Lipinski definition) is 2. The fourth-order valence-corrected chi connectivity index (χ4v) is 3.24. The second-order valence-corrected chi connectivity index (χ2v) is 6.91. The summed E-state index contributed by atoms with van der Waals surface area (Å²) < 4.78 is 19.0. The molecule has 4 amide bonds. The number of halogens is 1. The van der Waals surface area contributed by atoms with Gasteiger partial charge in [0.25, 0.3) is 5.91 Å². The highest BCUT2D eigenvalue weighted by molar-refractivity contribution is 6.08. The normalized spacial score (nSPS) is 15.1. The maximum Gasteiger partial charge on any atom is 0.325 e. The van der Waals surface area contributed by atoms with Crippen molar-refractivity contribution in [2.45, 2.75) is 38.8 Å². The Kier molecular flexibility index (Phi) is 6.29. The number of ether oxygens (including phenoxy) is 1. The maximum absolute atomic E-state index is 13.4. The van der Waals surface area contributed by atoms with Gasteiger partial charge in [-0.15, -0.1) is 0 Å². The van der Waals surface area contributed by atoms with Gasteiger partial charge >= 0.3 is 6.03 Å². The largest absolute Gasteiger partial charge is 0.439 e. The molecular formula is C21H23FN4O4. The van der Waals surface area contributed by atoms with Crippen LogP contribution in [0, 0.1) is 5.82 Å². The molecule has 30 heavy (non-hydrogen) atoms. The van der Waals surface area contributed by atoms with Crippen LogP contribution >= 0.6 is 0 Å². The van der Waals surface area contributed by atoms with Crippen LogP contribution in [0.3, 0.4) is 0 Å². The highest BCUT2D eigenvalue weighted by Gasteiger charge is 2.49. The Hall–Kier alpha value is -3.49. The van der Waals surface area contributed by atoms with Gasteiger partial charge in [-0.25, -0.2) is 14.2 Å². The van der Waals surface area contributed by atoms with Gasteiger partial charge in [-0.05, 0) is 31.0 Å². The van der Waals surface area contributed by atoms with Crippen molar-refractivity contribution in [1.29, 1.82) is 0 Å². The molecule has 0 saturated carbocycles. The lowest BCUT2D eigenvalue weighted by atomic mass is 9.93. The summed E-state index contributed by atoms with van der Waals surface area (Å²) in [5.41, 5.74) is -0.393. The summed E-state index contributed by atoms with van der Waals surface area (Å²) in [5.74, 6) is -0.848. The quantitative estimate of drug-likeness (QED) is 0.647. The van der Waals surface area contributed by atoms with Crippen LogP contribution < -0.4 is 15.4 Å². The van der Waals surface area contributed by atoms with Gasteiger partial charge in [0, 0.05) is 24.4 Å². The topological polar surface area (TPSA) is 101 Å². The minimum Gasteiger partial charge on any atom is -0.439 e. The van der Waals surface area contributed by atoms with E-state index in [2.05, 4.69) is 15.6 Å². The summed E-state index contributed by atoms with van der Waals surface area (Å²) in [5, 5.41) is 5.34. The molecule has 2 heterocycles. The maximum atomic E-state index is 13.4. The molecule has 0 aliphatic carbocycles. The number of amides is 4. The number of nitrogens with one attached hydrogen (secondary N) is 2. The number of hydrogen-bond acceptors (Lipinski definition) is 5. The summed E-state index contributed by atoms with van der Waals surface area (Å²) in [6.07, 6.45) is 2.41. The van der Waals surface area contributed by atoms with Crippen LogP contribution in [-0.4, -0.2) is 39.8 Å². The van der Waals surface area contributed by atoms with Crippen LogP contribution in [-0.2, 0) is 16.1 Å². The van der Waals surface area contributed by atoms with E-state index in [0.29, 0.717) is 18.4 Å². The summed E-state index contributed by atoms with van der Waals surface area (Å²) >= 11 is 0. The van der Waals surface area contributed by atoms with Crippen LogP contribution in [0.25, 0.3) is 0 Å². The third kappa shape index (κ3) is 4.40. The Morgan fingerprint density at radius 2 is 2.00 bits per heavy atom. The number of carbonyl (C=O) groups is 3. The summed E-state index contributed by atoms with van der Waals surface area (Å²) in [6.45, 7) is 3.31. The van der Waals surface area contributed by atoms with Gasteiger partial charge in [0.15, 0.2) is 0 Å². The van der Waals surface area contributed by atoms with Crippen molar-refractivity contribution < 1.29 is 23.5 Å². The number of rotatable bonds is 8. The molecule has 0 radical (unpaired) electrons. The van der Waals surface area contributed by atoms with Crippen molar-refractivity contribution >= 4 is 17.8 Å². The van der Waals surface area contributed by atoms with Crippen LogP contribution in [0.15, 0.2) is 42.6 Å². The molecule has 1 aromatic carbocycles. The zero-order valence-electron chi connectivity index (χ0n) is 16.8. The van der Waals surface area contributed by atoms with Crippen LogP contribution in [0.5, 0.6) is 11.6 Å². The highest BCUT2D eigenvalue weighted by Crippen LogP contribution is 2.25. The number of carbonyl (C=O) groups excluding carboxylic acids is 3. The van der Waals surface area contributed by atoms with Crippen molar-refractivity contribution in [1.82, 2.24) is 20.5 Å². The van der Waals surface area contributed by atoms with Crippen molar-refractivity contribution in [3.05, 3.63) is 54.0 Å². The molecule has 8 nitrogen and oxygen atoms in total. The van der Waals surface area contributed by atoms with E-state index >= 15 is 0 Å². The first-order valence-corrected chi connectivity index (χ1v) is 9.66. The van der Waals surface area contributed by atoms with Gasteiger partial charge in [-0.3, -0.25) is 14.5 Å². The highest BCUT2D eigenvalue weighted by atomic mass is 19.1. The summed E-state index contributed by atoms with van der Waals surface area (Å²) in [7, 11) is 0. The van der Waals surface area contributed by atoms with Gasteiger partial charge in [0.2, 0.25) is 11.8 Å². The van der Waals surface area contributed by atoms with Gasteiger partial charge in [-0.2, -0.15) is 0 Å². The number of imide groups is 1. The number of nitrogens with zero attached hydrogens (tertiary/aromatic N) is 2. The van der Waals surface area contributed by atoms with E-state index in [1.165, 1.54) is 24.4 Å². The van der Waals surface area contributed by atoms with E-state index in [9.17, 15) is 18.8 Å². The molecule has 0 bridgehead atoms. The Labute approximate surface area is 173 Å². The third-order valence-electron chi connectivity index (χ3n) is 5.09. The average molecular weight is 414 g/mol. The zero-order chi connectivity index (χ0) is 21.7. The first kappa shape index (κ1) is 21.2. The van der Waals surface area contributed by atoms with Crippen LogP contribution in [0.1, 0.15) is 32.3 Å². The monoisotopic (exact) mass is 414 g/mol. The zero-order valence-corrected chi connectivity index (χ0v) is 16.8. The minimum atomic E-state index is -0.952.